The van der Waals surface area contributed by atoms with Gasteiger partial charge in [-0.15, -0.1) is 0 Å². The molecule has 2 rings (SSSR count). The first-order chi connectivity index (χ1) is 13.3. The average Bonchev–Trinajstić information content (AvgIpc) is 2.73. The molecule has 0 unspecified atom stereocenters. The summed E-state index contributed by atoms with van der Waals surface area (Å²) in [6.07, 6.45) is 7.06. The zero-order chi connectivity index (χ0) is 19.2. The number of nitrogens with one attached hydrogen (secondary N) is 2. The van der Waals surface area contributed by atoms with Crippen molar-refractivity contribution in [1.82, 2.24) is 15.5 Å². The van der Waals surface area contributed by atoms with Gasteiger partial charge in [0.25, 0.3) is 0 Å². The Bertz CT molecular complexity index is 515. The first-order valence-electron chi connectivity index (χ1n) is 10.3. The normalized spacial score (nSPS) is 15.8. The summed E-state index contributed by atoms with van der Waals surface area (Å²) in [5.41, 5.74) is 1.36. The van der Waals surface area contributed by atoms with Gasteiger partial charge in [-0.05, 0) is 56.4 Å². The molecule has 2 N–H and O–H groups in total. The summed E-state index contributed by atoms with van der Waals surface area (Å²) < 4.78 is 0. The highest BCUT2D eigenvalue weighted by Crippen LogP contribution is 2.15. The predicted octanol–water partition coefficient (Wildman–Crippen LogP) is 2.90. The molecule has 6 heteroatoms. The van der Waals surface area contributed by atoms with Gasteiger partial charge in [0.05, 0.1) is 0 Å². The zero-order valence-electron chi connectivity index (χ0n) is 17.1. The van der Waals surface area contributed by atoms with Crippen LogP contribution in [0.15, 0.2) is 35.3 Å². The Hall–Kier alpha value is -1.40. The van der Waals surface area contributed by atoms with Gasteiger partial charge in [-0.1, -0.05) is 18.2 Å². The molecule has 1 saturated heterocycles. The standard InChI is InChI=1S/C21H37N5S/c1-22-21(24-13-7-9-19-27-2)23-12-6-8-14-25-15-17-26(18-16-25)20-10-4-3-5-11-20/h3-5,10-11H,6-9,12-19H2,1-2H3,(H2,22,23,24). The Morgan fingerprint density at radius 2 is 1.63 bits per heavy atom. The van der Waals surface area contributed by atoms with E-state index in [0.717, 1.165) is 32.1 Å². The third-order valence-electron chi connectivity index (χ3n) is 4.98. The SMILES string of the molecule is CN=C(NCCCCSC)NCCCCN1CCN(c2ccccc2)CC1. The van der Waals surface area contributed by atoms with Gasteiger partial charge in [0.2, 0.25) is 0 Å². The van der Waals surface area contributed by atoms with E-state index in [9.17, 15) is 0 Å². The zero-order valence-corrected chi connectivity index (χ0v) is 17.9. The number of benzene rings is 1. The van der Waals surface area contributed by atoms with Crippen molar-refractivity contribution < 1.29 is 0 Å². The minimum atomic E-state index is 0.940. The fourth-order valence-electron chi connectivity index (χ4n) is 3.33. The maximum Gasteiger partial charge on any atom is 0.190 e. The van der Waals surface area contributed by atoms with E-state index < -0.39 is 0 Å². The van der Waals surface area contributed by atoms with Crippen molar-refractivity contribution in [2.24, 2.45) is 4.99 Å². The summed E-state index contributed by atoms with van der Waals surface area (Å²) >= 11 is 1.92. The van der Waals surface area contributed by atoms with Crippen molar-refractivity contribution in [1.29, 1.82) is 0 Å². The van der Waals surface area contributed by atoms with Gasteiger partial charge >= 0.3 is 0 Å². The summed E-state index contributed by atoms with van der Waals surface area (Å²) in [6, 6.07) is 10.8. The molecule has 27 heavy (non-hydrogen) atoms. The van der Waals surface area contributed by atoms with Crippen LogP contribution >= 0.6 is 11.8 Å². The molecular weight excluding hydrogens is 354 g/mol. The Morgan fingerprint density at radius 3 is 2.26 bits per heavy atom. The van der Waals surface area contributed by atoms with Crippen LogP contribution in [0.5, 0.6) is 0 Å². The molecule has 1 aliphatic rings. The number of para-hydroxylation sites is 1. The Kier molecular flexibility index (Phi) is 11.1. The lowest BCUT2D eigenvalue weighted by molar-refractivity contribution is 0.253. The second-order valence-corrected chi connectivity index (χ2v) is 7.98. The summed E-state index contributed by atoms with van der Waals surface area (Å²) in [5.74, 6) is 2.18. The molecule has 0 bridgehead atoms. The molecule has 0 saturated carbocycles. The van der Waals surface area contributed by atoms with Crippen molar-refractivity contribution in [2.75, 3.05) is 69.8 Å². The second-order valence-electron chi connectivity index (χ2n) is 7.00. The van der Waals surface area contributed by atoms with Gasteiger partial charge in [-0.3, -0.25) is 9.89 Å². The lowest BCUT2D eigenvalue weighted by atomic mass is 10.2. The number of unbranched alkanes of at least 4 members (excludes halogenated alkanes) is 2. The van der Waals surface area contributed by atoms with Crippen molar-refractivity contribution in [3.05, 3.63) is 30.3 Å². The average molecular weight is 392 g/mol. The van der Waals surface area contributed by atoms with E-state index in [1.807, 2.05) is 18.8 Å². The number of guanidine groups is 1. The molecular formula is C21H37N5S. The van der Waals surface area contributed by atoms with Crippen LogP contribution in [0.4, 0.5) is 5.69 Å². The van der Waals surface area contributed by atoms with Crippen molar-refractivity contribution in [3.8, 4) is 0 Å². The van der Waals surface area contributed by atoms with Crippen LogP contribution in [0.2, 0.25) is 0 Å². The maximum atomic E-state index is 4.30. The minimum Gasteiger partial charge on any atom is -0.369 e. The van der Waals surface area contributed by atoms with Crippen LogP contribution in [-0.4, -0.2) is 75.7 Å². The van der Waals surface area contributed by atoms with Gasteiger partial charge < -0.3 is 15.5 Å². The van der Waals surface area contributed by atoms with Crippen molar-refractivity contribution >= 4 is 23.4 Å². The van der Waals surface area contributed by atoms with E-state index in [-0.39, 0.29) is 0 Å². The van der Waals surface area contributed by atoms with E-state index in [2.05, 4.69) is 62.0 Å². The molecule has 0 atom stereocenters. The number of hydrogen-bond donors (Lipinski definition) is 2. The van der Waals surface area contributed by atoms with E-state index in [4.69, 9.17) is 0 Å². The Morgan fingerprint density at radius 1 is 0.963 bits per heavy atom. The third kappa shape index (κ3) is 8.89. The third-order valence-corrected chi connectivity index (χ3v) is 5.68. The number of piperazine rings is 1. The lowest BCUT2D eigenvalue weighted by Crippen LogP contribution is -2.46. The van der Waals surface area contributed by atoms with Crippen LogP contribution in [0.25, 0.3) is 0 Å². The van der Waals surface area contributed by atoms with Gasteiger partial charge in [-0.2, -0.15) is 11.8 Å². The number of anilines is 1. The molecule has 152 valence electrons. The van der Waals surface area contributed by atoms with Gasteiger partial charge in [0, 0.05) is 52.0 Å². The molecule has 1 heterocycles. The predicted molar refractivity (Wildman–Crippen MR) is 121 cm³/mol. The molecule has 0 radical (unpaired) electrons. The van der Waals surface area contributed by atoms with Crippen molar-refractivity contribution in [3.63, 3.8) is 0 Å². The highest BCUT2D eigenvalue weighted by atomic mass is 32.2. The number of thioether (sulfide) groups is 1. The quantitative estimate of drug-likeness (QED) is 0.345. The molecule has 1 fully saturated rings. The van der Waals surface area contributed by atoms with E-state index in [0.29, 0.717) is 0 Å². The van der Waals surface area contributed by atoms with E-state index in [1.54, 1.807) is 0 Å². The minimum absolute atomic E-state index is 0.940. The molecule has 1 aliphatic heterocycles. The van der Waals surface area contributed by atoms with Gasteiger partial charge in [0.15, 0.2) is 5.96 Å². The molecule has 1 aromatic carbocycles. The monoisotopic (exact) mass is 391 g/mol. The number of nitrogens with zero attached hydrogens (tertiary/aromatic N) is 3. The molecule has 5 nitrogen and oxygen atoms in total. The number of rotatable bonds is 11. The highest BCUT2D eigenvalue weighted by molar-refractivity contribution is 7.98. The van der Waals surface area contributed by atoms with Crippen LogP contribution < -0.4 is 15.5 Å². The number of aliphatic imine (C=N–C) groups is 1. The first kappa shape index (κ1) is 21.9. The maximum absolute atomic E-state index is 4.30. The van der Waals surface area contributed by atoms with Crippen LogP contribution in [0.3, 0.4) is 0 Å². The van der Waals surface area contributed by atoms with Crippen LogP contribution in [0, 0.1) is 0 Å². The smallest absolute Gasteiger partial charge is 0.190 e. The van der Waals surface area contributed by atoms with E-state index in [1.165, 1.54) is 56.8 Å². The molecule has 0 spiro atoms. The molecule has 0 amide bonds. The Balaban J connectivity index is 1.49. The fourth-order valence-corrected chi connectivity index (χ4v) is 3.83. The summed E-state index contributed by atoms with van der Waals surface area (Å²) in [7, 11) is 1.85. The van der Waals surface area contributed by atoms with Crippen molar-refractivity contribution in [2.45, 2.75) is 25.7 Å². The van der Waals surface area contributed by atoms with Gasteiger partial charge in [-0.25, -0.2) is 0 Å². The molecule has 1 aromatic rings. The topological polar surface area (TPSA) is 42.9 Å². The Labute approximate surface area is 170 Å². The molecule has 0 aliphatic carbocycles. The largest absolute Gasteiger partial charge is 0.369 e. The van der Waals surface area contributed by atoms with E-state index >= 15 is 0 Å². The summed E-state index contributed by atoms with van der Waals surface area (Å²) in [4.78, 5) is 9.39. The summed E-state index contributed by atoms with van der Waals surface area (Å²) in [5, 5.41) is 6.84. The lowest BCUT2D eigenvalue weighted by Gasteiger charge is -2.36. The van der Waals surface area contributed by atoms with Crippen LogP contribution in [-0.2, 0) is 0 Å². The van der Waals surface area contributed by atoms with Crippen LogP contribution in [0.1, 0.15) is 25.7 Å². The second kappa shape index (κ2) is 13.7. The number of hydrogen-bond acceptors (Lipinski definition) is 4. The summed E-state index contributed by atoms with van der Waals surface area (Å²) in [6.45, 7) is 7.80. The molecule has 0 aromatic heterocycles. The van der Waals surface area contributed by atoms with Gasteiger partial charge in [0.1, 0.15) is 0 Å². The first-order valence-corrected chi connectivity index (χ1v) is 11.7. The highest BCUT2D eigenvalue weighted by Gasteiger charge is 2.16. The fraction of sp³-hybridized carbons (Fsp3) is 0.667.